The molecular weight excluding hydrogens is 288 g/mol. The first-order chi connectivity index (χ1) is 11.8. The normalized spacial score (nSPS) is 14.0. The van der Waals surface area contributed by atoms with Gasteiger partial charge in [-0.3, -0.25) is 0 Å². The van der Waals surface area contributed by atoms with Gasteiger partial charge in [-0.2, -0.15) is 0 Å². The first-order valence-corrected chi connectivity index (χ1v) is 11.8. The summed E-state index contributed by atoms with van der Waals surface area (Å²) >= 11 is 0. The van der Waals surface area contributed by atoms with Crippen molar-refractivity contribution in [1.82, 2.24) is 0 Å². The van der Waals surface area contributed by atoms with E-state index < -0.39 is 0 Å². The Hall–Kier alpha value is 0. The quantitative estimate of drug-likeness (QED) is 0.206. The highest BCUT2D eigenvalue weighted by Gasteiger charge is 2.16. The molecule has 0 heterocycles. The maximum atomic E-state index is 2.39. The van der Waals surface area contributed by atoms with Crippen molar-refractivity contribution in [1.29, 1.82) is 0 Å². The number of rotatable bonds is 19. The summed E-state index contributed by atoms with van der Waals surface area (Å²) in [5.74, 6) is 2.05. The van der Waals surface area contributed by atoms with Crippen molar-refractivity contribution in [3.63, 3.8) is 0 Å². The molecule has 0 aliphatic rings. The van der Waals surface area contributed by atoms with Crippen molar-refractivity contribution >= 4 is 0 Å². The molecular formula is C24H50. The second-order valence-electron chi connectivity index (χ2n) is 8.30. The van der Waals surface area contributed by atoms with Crippen molar-refractivity contribution in [3.8, 4) is 0 Å². The lowest BCUT2D eigenvalue weighted by atomic mass is 9.82. The summed E-state index contributed by atoms with van der Waals surface area (Å²) in [5.41, 5.74) is 0. The number of hydrogen-bond acceptors (Lipinski definition) is 0. The summed E-state index contributed by atoms with van der Waals surface area (Å²) in [6.07, 6.45) is 26.2. The van der Waals surface area contributed by atoms with Gasteiger partial charge in [0.1, 0.15) is 0 Å². The van der Waals surface area contributed by atoms with Crippen LogP contribution in [-0.2, 0) is 0 Å². The molecule has 0 aliphatic heterocycles. The van der Waals surface area contributed by atoms with Gasteiger partial charge in [0.2, 0.25) is 0 Å². The van der Waals surface area contributed by atoms with Crippen LogP contribution >= 0.6 is 0 Å². The molecule has 0 saturated carbocycles. The third kappa shape index (κ3) is 15.5. The van der Waals surface area contributed by atoms with E-state index in [-0.39, 0.29) is 0 Å². The zero-order valence-corrected chi connectivity index (χ0v) is 17.9. The Kier molecular flexibility index (Phi) is 19.3. The molecule has 0 aromatic carbocycles. The van der Waals surface area contributed by atoms with Crippen molar-refractivity contribution < 1.29 is 0 Å². The third-order valence-electron chi connectivity index (χ3n) is 5.76. The molecule has 146 valence electrons. The van der Waals surface area contributed by atoms with Gasteiger partial charge in [-0.1, -0.05) is 137 Å². The van der Waals surface area contributed by atoms with E-state index in [9.17, 15) is 0 Å². The minimum absolute atomic E-state index is 1.02. The summed E-state index contributed by atoms with van der Waals surface area (Å²) in [6.45, 7) is 9.37. The van der Waals surface area contributed by atoms with E-state index in [1.165, 1.54) is 116 Å². The maximum absolute atomic E-state index is 2.39. The predicted octanol–water partition coefficient (Wildman–Crippen LogP) is 9.32. The number of unbranched alkanes of at least 4 members (excludes halogenated alkanes) is 9. The smallest absolute Gasteiger partial charge is 0.0412 e. The molecule has 0 heteroatoms. The van der Waals surface area contributed by atoms with E-state index in [0.717, 1.165) is 11.8 Å². The molecule has 2 atom stereocenters. The average Bonchev–Trinajstić information content (AvgIpc) is 2.58. The molecule has 0 nitrogen and oxygen atoms in total. The van der Waals surface area contributed by atoms with Crippen LogP contribution in [0.2, 0.25) is 0 Å². The van der Waals surface area contributed by atoms with Gasteiger partial charge in [0, 0.05) is 0 Å². The minimum atomic E-state index is 1.02. The van der Waals surface area contributed by atoms with Gasteiger partial charge >= 0.3 is 0 Å². The van der Waals surface area contributed by atoms with Crippen LogP contribution in [0.15, 0.2) is 0 Å². The second kappa shape index (κ2) is 19.3. The highest BCUT2D eigenvalue weighted by molar-refractivity contribution is 4.68. The van der Waals surface area contributed by atoms with Crippen molar-refractivity contribution in [2.24, 2.45) is 11.8 Å². The summed E-state index contributed by atoms with van der Waals surface area (Å²) < 4.78 is 0. The lowest BCUT2D eigenvalue weighted by Gasteiger charge is -2.24. The molecule has 24 heavy (non-hydrogen) atoms. The number of hydrogen-bond donors (Lipinski definition) is 0. The highest BCUT2D eigenvalue weighted by atomic mass is 14.2. The SMILES string of the molecule is CCCCCCCC(CCC)CC(CCCCC)CCCCCC. The van der Waals surface area contributed by atoms with E-state index in [1.807, 2.05) is 0 Å². The van der Waals surface area contributed by atoms with Crippen LogP contribution < -0.4 is 0 Å². The standard InChI is InChI=1S/C24H50/c1-5-9-12-14-17-20-23(18-8-4)22-24(19-15-11-7-3)21-16-13-10-6-2/h23-24H,5-22H2,1-4H3. The van der Waals surface area contributed by atoms with E-state index in [2.05, 4.69) is 27.7 Å². The lowest BCUT2D eigenvalue weighted by Crippen LogP contribution is -2.10. The minimum Gasteiger partial charge on any atom is -0.0654 e. The Morgan fingerprint density at radius 1 is 0.375 bits per heavy atom. The first kappa shape index (κ1) is 24.0. The molecule has 0 saturated heterocycles. The second-order valence-corrected chi connectivity index (χ2v) is 8.30. The molecule has 0 aliphatic carbocycles. The van der Waals surface area contributed by atoms with Gasteiger partial charge in [0.15, 0.2) is 0 Å². The Balaban J connectivity index is 4.19. The van der Waals surface area contributed by atoms with Crippen molar-refractivity contribution in [2.45, 2.75) is 143 Å². The lowest BCUT2D eigenvalue weighted by molar-refractivity contribution is 0.287. The fourth-order valence-electron chi connectivity index (χ4n) is 4.22. The molecule has 0 rings (SSSR count). The zero-order valence-electron chi connectivity index (χ0n) is 17.9. The molecule has 0 aromatic rings. The fraction of sp³-hybridized carbons (Fsp3) is 1.00. The summed E-state index contributed by atoms with van der Waals surface area (Å²) in [7, 11) is 0. The van der Waals surface area contributed by atoms with Crippen molar-refractivity contribution in [2.75, 3.05) is 0 Å². The Bertz CT molecular complexity index is 220. The van der Waals surface area contributed by atoms with Crippen LogP contribution in [0.25, 0.3) is 0 Å². The van der Waals surface area contributed by atoms with E-state index in [0.29, 0.717) is 0 Å². The molecule has 0 spiro atoms. The van der Waals surface area contributed by atoms with Gasteiger partial charge in [-0.25, -0.2) is 0 Å². The van der Waals surface area contributed by atoms with Crippen LogP contribution in [-0.4, -0.2) is 0 Å². The Morgan fingerprint density at radius 3 is 1.25 bits per heavy atom. The average molecular weight is 339 g/mol. The molecule has 0 radical (unpaired) electrons. The van der Waals surface area contributed by atoms with E-state index >= 15 is 0 Å². The zero-order chi connectivity index (χ0) is 17.9. The van der Waals surface area contributed by atoms with Crippen LogP contribution in [0, 0.1) is 11.8 Å². The van der Waals surface area contributed by atoms with Gasteiger partial charge in [-0.15, -0.1) is 0 Å². The molecule has 0 N–H and O–H groups in total. The van der Waals surface area contributed by atoms with Gasteiger partial charge in [0.05, 0.1) is 0 Å². The molecule has 2 unspecified atom stereocenters. The monoisotopic (exact) mass is 338 g/mol. The van der Waals surface area contributed by atoms with Gasteiger partial charge in [-0.05, 0) is 18.3 Å². The van der Waals surface area contributed by atoms with Crippen LogP contribution in [0.5, 0.6) is 0 Å². The van der Waals surface area contributed by atoms with Gasteiger partial charge in [0.25, 0.3) is 0 Å². The molecule has 0 bridgehead atoms. The summed E-state index contributed by atoms with van der Waals surface area (Å²) in [4.78, 5) is 0. The highest BCUT2D eigenvalue weighted by Crippen LogP contribution is 2.30. The summed E-state index contributed by atoms with van der Waals surface area (Å²) in [6, 6.07) is 0. The van der Waals surface area contributed by atoms with E-state index in [4.69, 9.17) is 0 Å². The van der Waals surface area contributed by atoms with Crippen molar-refractivity contribution in [3.05, 3.63) is 0 Å². The van der Waals surface area contributed by atoms with E-state index in [1.54, 1.807) is 0 Å². The Labute approximate surface area is 155 Å². The topological polar surface area (TPSA) is 0 Å². The van der Waals surface area contributed by atoms with Crippen LogP contribution in [0.1, 0.15) is 143 Å². The first-order valence-electron chi connectivity index (χ1n) is 11.8. The molecule has 0 aromatic heterocycles. The molecule has 0 fully saturated rings. The maximum Gasteiger partial charge on any atom is -0.0412 e. The summed E-state index contributed by atoms with van der Waals surface area (Å²) in [5, 5.41) is 0. The molecule has 0 amide bonds. The largest absolute Gasteiger partial charge is 0.0654 e. The Morgan fingerprint density at radius 2 is 0.750 bits per heavy atom. The van der Waals surface area contributed by atoms with Gasteiger partial charge < -0.3 is 0 Å². The predicted molar refractivity (Wildman–Crippen MR) is 113 cm³/mol. The fourth-order valence-corrected chi connectivity index (χ4v) is 4.22. The third-order valence-corrected chi connectivity index (χ3v) is 5.76. The van der Waals surface area contributed by atoms with Crippen LogP contribution in [0.4, 0.5) is 0 Å². The van der Waals surface area contributed by atoms with Crippen LogP contribution in [0.3, 0.4) is 0 Å².